The van der Waals surface area contributed by atoms with Gasteiger partial charge in [-0.1, -0.05) is 12.1 Å². The molecule has 0 aromatic heterocycles. The second-order valence-corrected chi connectivity index (χ2v) is 4.76. The van der Waals surface area contributed by atoms with Crippen LogP contribution in [0.3, 0.4) is 0 Å². The molecule has 0 saturated heterocycles. The summed E-state index contributed by atoms with van der Waals surface area (Å²) < 4.78 is 12.7. The molecule has 1 aromatic carbocycles. The topological polar surface area (TPSA) is 69.6 Å². The van der Waals surface area contributed by atoms with Crippen molar-refractivity contribution in [2.75, 3.05) is 13.2 Å². The number of carbonyl (C=O) groups excluding carboxylic acids is 2. The van der Waals surface area contributed by atoms with Gasteiger partial charge in [0.1, 0.15) is 5.82 Å². The Hall–Kier alpha value is -1.95. The van der Waals surface area contributed by atoms with Gasteiger partial charge in [-0.05, 0) is 30.5 Å². The fourth-order valence-electron chi connectivity index (χ4n) is 1.93. The lowest BCUT2D eigenvalue weighted by molar-refractivity contribution is -0.146. The Morgan fingerprint density at radius 1 is 1.30 bits per heavy atom. The number of halogens is 1. The van der Waals surface area contributed by atoms with Crippen molar-refractivity contribution in [3.63, 3.8) is 0 Å². The van der Waals surface area contributed by atoms with Gasteiger partial charge in [-0.2, -0.15) is 0 Å². The lowest BCUT2D eigenvalue weighted by Crippen LogP contribution is -2.45. The van der Waals surface area contributed by atoms with Gasteiger partial charge in [0.2, 0.25) is 0 Å². The van der Waals surface area contributed by atoms with E-state index in [9.17, 15) is 14.0 Å². The van der Waals surface area contributed by atoms with Crippen molar-refractivity contribution in [2.45, 2.75) is 25.4 Å². The highest BCUT2D eigenvalue weighted by Gasteiger charge is 2.34. The Morgan fingerprint density at radius 3 is 2.50 bits per heavy atom. The summed E-state index contributed by atoms with van der Waals surface area (Å²) in [5.74, 6) is -1.67. The van der Waals surface area contributed by atoms with E-state index in [1.54, 1.807) is 12.1 Å². The van der Waals surface area contributed by atoms with Crippen LogP contribution in [0.15, 0.2) is 24.3 Å². The highest BCUT2D eigenvalue weighted by molar-refractivity contribution is 6.35. The number of aliphatic hydroxyl groups is 1. The van der Waals surface area contributed by atoms with Gasteiger partial charge < -0.3 is 15.3 Å². The Kier molecular flexibility index (Phi) is 4.68. The van der Waals surface area contributed by atoms with Crippen LogP contribution in [0.1, 0.15) is 18.4 Å². The van der Waals surface area contributed by atoms with Crippen molar-refractivity contribution in [3.8, 4) is 0 Å². The monoisotopic (exact) mass is 280 g/mol. The third-order valence-corrected chi connectivity index (χ3v) is 3.15. The Balaban J connectivity index is 1.87. The second kappa shape index (κ2) is 6.47. The lowest BCUT2D eigenvalue weighted by atomic mass is 10.2. The SMILES string of the molecule is O=C(NCc1ccc(F)cc1)C(=O)N(CCO)C1CC1. The van der Waals surface area contributed by atoms with Gasteiger partial charge in [0, 0.05) is 19.1 Å². The normalized spacial score (nSPS) is 13.9. The minimum Gasteiger partial charge on any atom is -0.395 e. The smallest absolute Gasteiger partial charge is 0.312 e. The van der Waals surface area contributed by atoms with Crippen LogP contribution in [0.25, 0.3) is 0 Å². The first-order valence-electron chi connectivity index (χ1n) is 6.56. The highest BCUT2D eigenvalue weighted by Crippen LogP contribution is 2.26. The van der Waals surface area contributed by atoms with Crippen LogP contribution in [0.2, 0.25) is 0 Å². The molecular formula is C14H17FN2O3. The second-order valence-electron chi connectivity index (χ2n) is 4.76. The number of nitrogens with one attached hydrogen (secondary N) is 1. The molecule has 5 nitrogen and oxygen atoms in total. The third-order valence-electron chi connectivity index (χ3n) is 3.15. The first-order chi connectivity index (χ1) is 9.61. The summed E-state index contributed by atoms with van der Waals surface area (Å²) >= 11 is 0. The molecule has 20 heavy (non-hydrogen) atoms. The molecule has 2 amide bonds. The van der Waals surface area contributed by atoms with E-state index in [1.165, 1.54) is 17.0 Å². The van der Waals surface area contributed by atoms with Gasteiger partial charge >= 0.3 is 11.8 Å². The fraction of sp³-hybridized carbons (Fsp3) is 0.429. The van der Waals surface area contributed by atoms with Crippen LogP contribution < -0.4 is 5.32 Å². The number of hydrogen-bond acceptors (Lipinski definition) is 3. The van der Waals surface area contributed by atoms with Crippen LogP contribution in [-0.2, 0) is 16.1 Å². The molecule has 1 aliphatic carbocycles. The van der Waals surface area contributed by atoms with Gasteiger partial charge in [-0.15, -0.1) is 0 Å². The van der Waals surface area contributed by atoms with Gasteiger partial charge in [0.15, 0.2) is 0 Å². The van der Waals surface area contributed by atoms with E-state index in [2.05, 4.69) is 5.32 Å². The number of amides is 2. The molecule has 1 saturated carbocycles. The van der Waals surface area contributed by atoms with Gasteiger partial charge in [-0.3, -0.25) is 9.59 Å². The minimum absolute atomic E-state index is 0.0752. The highest BCUT2D eigenvalue weighted by atomic mass is 19.1. The first kappa shape index (κ1) is 14.5. The number of benzene rings is 1. The van der Waals surface area contributed by atoms with E-state index >= 15 is 0 Å². The van der Waals surface area contributed by atoms with Crippen molar-refractivity contribution in [1.29, 1.82) is 0 Å². The maximum absolute atomic E-state index is 12.7. The summed E-state index contributed by atoms with van der Waals surface area (Å²) in [5, 5.41) is 11.4. The minimum atomic E-state index is -0.699. The molecular weight excluding hydrogens is 263 g/mol. The summed E-state index contributed by atoms with van der Waals surface area (Å²) in [6.07, 6.45) is 1.74. The van der Waals surface area contributed by atoms with E-state index < -0.39 is 11.8 Å². The average Bonchev–Trinajstić information content (AvgIpc) is 3.27. The van der Waals surface area contributed by atoms with Crippen molar-refractivity contribution in [1.82, 2.24) is 10.2 Å². The van der Waals surface area contributed by atoms with Crippen LogP contribution in [0, 0.1) is 5.82 Å². The molecule has 0 aliphatic heterocycles. The molecule has 108 valence electrons. The quantitative estimate of drug-likeness (QED) is 0.768. The van der Waals surface area contributed by atoms with E-state index in [0.29, 0.717) is 5.56 Å². The molecule has 1 fully saturated rings. The van der Waals surface area contributed by atoms with Crippen LogP contribution >= 0.6 is 0 Å². The summed E-state index contributed by atoms with van der Waals surface area (Å²) in [6.45, 7) is 0.184. The third kappa shape index (κ3) is 3.77. The summed E-state index contributed by atoms with van der Waals surface area (Å²) in [4.78, 5) is 25.1. The maximum Gasteiger partial charge on any atom is 0.312 e. The largest absolute Gasteiger partial charge is 0.395 e. The van der Waals surface area contributed by atoms with Crippen LogP contribution in [0.4, 0.5) is 4.39 Å². The number of nitrogens with zero attached hydrogens (tertiary/aromatic N) is 1. The summed E-state index contributed by atoms with van der Waals surface area (Å²) in [7, 11) is 0. The van der Waals surface area contributed by atoms with E-state index in [-0.39, 0.29) is 31.6 Å². The zero-order valence-electron chi connectivity index (χ0n) is 11.0. The zero-order valence-corrected chi connectivity index (χ0v) is 11.0. The molecule has 0 unspecified atom stereocenters. The van der Waals surface area contributed by atoms with E-state index in [0.717, 1.165) is 12.8 Å². The predicted octanol–water partition coefficient (Wildman–Crippen LogP) is 0.425. The summed E-state index contributed by atoms with van der Waals surface area (Å²) in [5.41, 5.74) is 0.715. The number of rotatable bonds is 5. The van der Waals surface area contributed by atoms with Crippen molar-refractivity contribution in [3.05, 3.63) is 35.6 Å². The molecule has 0 radical (unpaired) electrons. The van der Waals surface area contributed by atoms with Crippen LogP contribution in [-0.4, -0.2) is 41.0 Å². The number of aliphatic hydroxyl groups excluding tert-OH is 1. The Morgan fingerprint density at radius 2 is 1.95 bits per heavy atom. The van der Waals surface area contributed by atoms with Crippen LogP contribution in [0.5, 0.6) is 0 Å². The Bertz CT molecular complexity index is 486. The summed E-state index contributed by atoms with van der Waals surface area (Å²) in [6, 6.07) is 5.77. The molecule has 0 spiro atoms. The molecule has 2 N–H and O–H groups in total. The van der Waals surface area contributed by atoms with Crippen molar-refractivity contribution < 1.29 is 19.1 Å². The molecule has 6 heteroatoms. The lowest BCUT2D eigenvalue weighted by Gasteiger charge is -2.20. The molecule has 0 heterocycles. The first-order valence-corrected chi connectivity index (χ1v) is 6.56. The van der Waals surface area contributed by atoms with Crippen molar-refractivity contribution in [2.24, 2.45) is 0 Å². The molecule has 1 aliphatic rings. The number of carbonyl (C=O) groups is 2. The number of hydrogen-bond donors (Lipinski definition) is 2. The van der Waals surface area contributed by atoms with Gasteiger partial charge in [0.05, 0.1) is 6.61 Å². The average molecular weight is 280 g/mol. The predicted molar refractivity (Wildman–Crippen MR) is 70.1 cm³/mol. The Labute approximate surface area is 116 Å². The van der Waals surface area contributed by atoms with Crippen molar-refractivity contribution >= 4 is 11.8 Å². The zero-order chi connectivity index (χ0) is 14.5. The van der Waals surface area contributed by atoms with E-state index in [4.69, 9.17) is 5.11 Å². The maximum atomic E-state index is 12.7. The van der Waals surface area contributed by atoms with E-state index in [1.807, 2.05) is 0 Å². The fourth-order valence-corrected chi connectivity index (χ4v) is 1.93. The van der Waals surface area contributed by atoms with Gasteiger partial charge in [0.25, 0.3) is 0 Å². The molecule has 2 rings (SSSR count). The molecule has 1 aromatic rings. The standard InChI is InChI=1S/C14H17FN2O3/c15-11-3-1-10(2-4-11)9-16-13(19)14(20)17(7-8-18)12-5-6-12/h1-4,12,18H,5-9H2,(H,16,19). The molecule has 0 atom stereocenters. The molecule has 0 bridgehead atoms. The van der Waals surface area contributed by atoms with Gasteiger partial charge in [-0.25, -0.2) is 4.39 Å².